The van der Waals surface area contributed by atoms with Gasteiger partial charge < -0.3 is 15.8 Å². The Labute approximate surface area is 167 Å². The van der Waals surface area contributed by atoms with Gasteiger partial charge in [0.15, 0.2) is 0 Å². The maximum atomic E-state index is 13.1. The van der Waals surface area contributed by atoms with Crippen molar-refractivity contribution in [3.63, 3.8) is 0 Å². The molecule has 0 saturated carbocycles. The minimum atomic E-state index is -0.973. The SMILES string of the molecule is CCOC(=O)/C=C/C[C@@H](NC(=O)c1c2ccccc2nc2ccccc12)C(N)=O. The van der Waals surface area contributed by atoms with Crippen molar-refractivity contribution in [1.82, 2.24) is 10.3 Å². The summed E-state index contributed by atoms with van der Waals surface area (Å²) < 4.78 is 4.79. The fourth-order valence-electron chi connectivity index (χ4n) is 3.05. The number of primary amides is 1. The number of nitrogens with zero attached hydrogens (tertiary/aromatic N) is 1. The Kier molecular flexibility index (Phi) is 6.19. The van der Waals surface area contributed by atoms with E-state index >= 15 is 0 Å². The van der Waals surface area contributed by atoms with Gasteiger partial charge in [-0.3, -0.25) is 9.59 Å². The van der Waals surface area contributed by atoms with Gasteiger partial charge in [-0.25, -0.2) is 9.78 Å². The normalized spacial score (nSPS) is 12.2. The van der Waals surface area contributed by atoms with E-state index in [-0.39, 0.29) is 13.0 Å². The van der Waals surface area contributed by atoms with E-state index in [2.05, 4.69) is 10.3 Å². The van der Waals surface area contributed by atoms with Crippen molar-refractivity contribution in [2.45, 2.75) is 19.4 Å². The molecule has 3 aromatic rings. The lowest BCUT2D eigenvalue weighted by Crippen LogP contribution is -2.44. The minimum absolute atomic E-state index is 0.0703. The fraction of sp³-hybridized carbons (Fsp3) is 0.182. The van der Waals surface area contributed by atoms with Crippen LogP contribution in [0.25, 0.3) is 21.8 Å². The first-order valence-electron chi connectivity index (χ1n) is 9.22. The van der Waals surface area contributed by atoms with Crippen molar-refractivity contribution in [2.75, 3.05) is 6.61 Å². The monoisotopic (exact) mass is 391 g/mol. The van der Waals surface area contributed by atoms with E-state index in [1.165, 1.54) is 12.2 Å². The minimum Gasteiger partial charge on any atom is -0.463 e. The summed E-state index contributed by atoms with van der Waals surface area (Å²) in [6.45, 7) is 1.95. The van der Waals surface area contributed by atoms with Gasteiger partial charge in [0.05, 0.1) is 23.2 Å². The van der Waals surface area contributed by atoms with Crippen LogP contribution < -0.4 is 11.1 Å². The molecule has 0 aliphatic heterocycles. The number of para-hydroxylation sites is 2. The number of ether oxygens (including phenoxy) is 1. The Bertz CT molecular complexity index is 1050. The third-order valence-electron chi connectivity index (χ3n) is 4.38. The van der Waals surface area contributed by atoms with Crippen molar-refractivity contribution in [3.05, 3.63) is 66.2 Å². The Hall–Kier alpha value is -3.74. The highest BCUT2D eigenvalue weighted by atomic mass is 16.5. The van der Waals surface area contributed by atoms with Gasteiger partial charge in [-0.2, -0.15) is 0 Å². The van der Waals surface area contributed by atoms with Crippen LogP contribution in [0.15, 0.2) is 60.7 Å². The number of hydrogen-bond acceptors (Lipinski definition) is 5. The molecule has 0 bridgehead atoms. The van der Waals surface area contributed by atoms with Gasteiger partial charge in [-0.05, 0) is 25.5 Å². The van der Waals surface area contributed by atoms with Crippen LogP contribution in [-0.4, -0.2) is 35.4 Å². The number of amides is 2. The fourth-order valence-corrected chi connectivity index (χ4v) is 3.05. The summed E-state index contributed by atoms with van der Waals surface area (Å²) >= 11 is 0. The average Bonchev–Trinajstić information content (AvgIpc) is 2.71. The molecule has 2 aromatic carbocycles. The Morgan fingerprint density at radius 3 is 2.21 bits per heavy atom. The number of pyridine rings is 1. The molecular weight excluding hydrogens is 370 g/mol. The maximum Gasteiger partial charge on any atom is 0.330 e. The lowest BCUT2D eigenvalue weighted by Gasteiger charge is -2.16. The molecule has 0 aliphatic rings. The first-order chi connectivity index (χ1) is 14.0. The first-order valence-corrected chi connectivity index (χ1v) is 9.22. The predicted molar refractivity (Wildman–Crippen MR) is 110 cm³/mol. The zero-order chi connectivity index (χ0) is 20.8. The average molecular weight is 391 g/mol. The molecule has 7 nitrogen and oxygen atoms in total. The molecule has 1 atom stereocenters. The van der Waals surface area contributed by atoms with Crippen molar-refractivity contribution in [3.8, 4) is 0 Å². The van der Waals surface area contributed by atoms with E-state index < -0.39 is 23.8 Å². The number of carbonyl (C=O) groups is 3. The number of carbonyl (C=O) groups excluding carboxylic acids is 3. The van der Waals surface area contributed by atoms with Gasteiger partial charge in [-0.15, -0.1) is 0 Å². The van der Waals surface area contributed by atoms with Crippen LogP contribution in [0, 0.1) is 0 Å². The van der Waals surface area contributed by atoms with E-state index in [1.807, 2.05) is 48.5 Å². The zero-order valence-electron chi connectivity index (χ0n) is 15.9. The molecular formula is C22H21N3O4. The Morgan fingerprint density at radius 1 is 1.07 bits per heavy atom. The highest BCUT2D eigenvalue weighted by molar-refractivity contribution is 6.16. The molecule has 0 saturated heterocycles. The highest BCUT2D eigenvalue weighted by Crippen LogP contribution is 2.26. The van der Waals surface area contributed by atoms with E-state index in [0.29, 0.717) is 27.4 Å². The van der Waals surface area contributed by atoms with Crippen LogP contribution in [0.2, 0.25) is 0 Å². The smallest absolute Gasteiger partial charge is 0.330 e. The summed E-state index contributed by atoms with van der Waals surface area (Å²) in [6.07, 6.45) is 2.74. The Morgan fingerprint density at radius 2 is 1.66 bits per heavy atom. The molecule has 1 heterocycles. The molecule has 7 heteroatoms. The van der Waals surface area contributed by atoms with Gasteiger partial charge in [0.25, 0.3) is 5.91 Å². The standard InChI is InChI=1S/C22H21N3O4/c1-2-29-19(26)13-7-12-18(21(23)27)25-22(28)20-14-8-3-5-10-16(14)24-17-11-6-4-9-15(17)20/h3-11,13,18H,2,12H2,1H3,(H2,23,27)(H,25,28)/b13-7+/t18-/m1/s1. The molecule has 1 aromatic heterocycles. The molecule has 3 rings (SSSR count). The highest BCUT2D eigenvalue weighted by Gasteiger charge is 2.21. The number of benzene rings is 2. The molecule has 0 fully saturated rings. The zero-order valence-corrected chi connectivity index (χ0v) is 15.9. The van der Waals surface area contributed by atoms with Gasteiger partial charge in [0, 0.05) is 16.8 Å². The summed E-state index contributed by atoms with van der Waals surface area (Å²) in [5, 5.41) is 4.03. The second-order valence-electron chi connectivity index (χ2n) is 6.34. The predicted octanol–water partition coefficient (Wildman–Crippen LogP) is 2.48. The second kappa shape index (κ2) is 8.97. The number of rotatable bonds is 7. The quantitative estimate of drug-likeness (QED) is 0.365. The van der Waals surface area contributed by atoms with Crippen LogP contribution in [0.4, 0.5) is 0 Å². The lowest BCUT2D eigenvalue weighted by molar-refractivity contribution is -0.137. The van der Waals surface area contributed by atoms with E-state index in [4.69, 9.17) is 10.5 Å². The topological polar surface area (TPSA) is 111 Å². The van der Waals surface area contributed by atoms with E-state index in [0.717, 1.165) is 0 Å². The second-order valence-corrected chi connectivity index (χ2v) is 6.34. The lowest BCUT2D eigenvalue weighted by atomic mass is 10.0. The van der Waals surface area contributed by atoms with Crippen LogP contribution in [0.3, 0.4) is 0 Å². The summed E-state index contributed by atoms with van der Waals surface area (Å²) in [5.74, 6) is -1.66. The van der Waals surface area contributed by atoms with E-state index in [1.54, 1.807) is 6.92 Å². The molecule has 0 aliphatic carbocycles. The van der Waals surface area contributed by atoms with Crippen LogP contribution in [0.5, 0.6) is 0 Å². The van der Waals surface area contributed by atoms with Crippen molar-refractivity contribution >= 4 is 39.6 Å². The third kappa shape index (κ3) is 4.57. The third-order valence-corrected chi connectivity index (χ3v) is 4.38. The van der Waals surface area contributed by atoms with Crippen LogP contribution in [-0.2, 0) is 14.3 Å². The van der Waals surface area contributed by atoms with Crippen molar-refractivity contribution < 1.29 is 19.1 Å². The number of aromatic nitrogens is 1. The molecule has 0 spiro atoms. The number of nitrogens with one attached hydrogen (secondary N) is 1. The molecule has 29 heavy (non-hydrogen) atoms. The van der Waals surface area contributed by atoms with Crippen molar-refractivity contribution in [1.29, 1.82) is 0 Å². The summed E-state index contributed by atoms with van der Waals surface area (Å²) in [6, 6.07) is 13.6. The number of hydrogen-bond donors (Lipinski definition) is 2. The van der Waals surface area contributed by atoms with Gasteiger partial charge in [0.2, 0.25) is 5.91 Å². The Balaban J connectivity index is 1.93. The van der Waals surface area contributed by atoms with Crippen LogP contribution in [0.1, 0.15) is 23.7 Å². The molecule has 0 unspecified atom stereocenters. The largest absolute Gasteiger partial charge is 0.463 e. The molecule has 148 valence electrons. The van der Waals surface area contributed by atoms with Gasteiger partial charge >= 0.3 is 5.97 Å². The van der Waals surface area contributed by atoms with Crippen molar-refractivity contribution in [2.24, 2.45) is 5.73 Å². The van der Waals surface area contributed by atoms with Gasteiger partial charge in [-0.1, -0.05) is 42.5 Å². The summed E-state index contributed by atoms with van der Waals surface area (Å²) in [7, 11) is 0. The van der Waals surface area contributed by atoms with Gasteiger partial charge in [0.1, 0.15) is 6.04 Å². The number of nitrogens with two attached hydrogens (primary N) is 1. The maximum absolute atomic E-state index is 13.1. The first kappa shape index (κ1) is 20.0. The number of fused-ring (bicyclic) bond motifs is 2. The van der Waals surface area contributed by atoms with Crippen LogP contribution >= 0.6 is 0 Å². The summed E-state index contributed by atoms with van der Waals surface area (Å²) in [4.78, 5) is 41.0. The molecule has 2 amide bonds. The molecule has 3 N–H and O–H groups in total. The number of esters is 1. The van der Waals surface area contributed by atoms with E-state index in [9.17, 15) is 14.4 Å². The molecule has 0 radical (unpaired) electrons. The summed E-state index contributed by atoms with van der Waals surface area (Å²) in [5.41, 5.74) is 7.22.